The predicted molar refractivity (Wildman–Crippen MR) is 55.9 cm³/mol. The molecule has 1 saturated heterocycles. The Bertz CT molecular complexity index is 396. The number of hydrogen-bond donors (Lipinski definition) is 2. The van der Waals surface area contributed by atoms with E-state index in [1.54, 1.807) is 6.92 Å². The van der Waals surface area contributed by atoms with Crippen LogP contribution in [0, 0.1) is 6.92 Å². The highest BCUT2D eigenvalue weighted by Gasteiger charge is 2.32. The summed E-state index contributed by atoms with van der Waals surface area (Å²) in [6, 6.07) is 0. The van der Waals surface area contributed by atoms with E-state index in [2.05, 4.69) is 10.1 Å². The number of carbonyl (C=O) groups excluding carboxylic acids is 1. The fourth-order valence-electron chi connectivity index (χ4n) is 1.79. The van der Waals surface area contributed by atoms with Gasteiger partial charge in [0, 0.05) is 25.9 Å². The average molecular weight is 241 g/mol. The first kappa shape index (κ1) is 12.0. The number of carbonyl (C=O) groups is 1. The summed E-state index contributed by atoms with van der Waals surface area (Å²) >= 11 is 0. The lowest BCUT2D eigenvalue weighted by molar-refractivity contribution is -0.130. The zero-order valence-corrected chi connectivity index (χ0v) is 9.54. The normalized spacial score (nSPS) is 24.3. The van der Waals surface area contributed by atoms with Gasteiger partial charge in [0.15, 0.2) is 5.82 Å². The minimum atomic E-state index is -0.843. The summed E-state index contributed by atoms with van der Waals surface area (Å²) in [7, 11) is 0. The third kappa shape index (κ3) is 2.80. The molecular weight excluding hydrogens is 226 g/mol. The van der Waals surface area contributed by atoms with Crippen molar-refractivity contribution >= 4 is 5.91 Å². The Labute approximate surface area is 98.0 Å². The number of aryl methyl sites for hydroxylation is 2. The third-order valence-corrected chi connectivity index (χ3v) is 2.73. The molecule has 2 rings (SSSR count). The van der Waals surface area contributed by atoms with Gasteiger partial charge in [0.1, 0.15) is 0 Å². The van der Waals surface area contributed by atoms with Crippen LogP contribution in [0.2, 0.25) is 0 Å². The SMILES string of the molecule is Cc1noc(CCC(=O)N2C[C@@H](O)[C@@H](O)C2)n1. The van der Waals surface area contributed by atoms with E-state index in [9.17, 15) is 15.0 Å². The second-order valence-electron chi connectivity index (χ2n) is 4.17. The number of aliphatic hydroxyl groups is 2. The van der Waals surface area contributed by atoms with Crippen LogP contribution in [-0.2, 0) is 11.2 Å². The van der Waals surface area contributed by atoms with E-state index in [4.69, 9.17) is 4.52 Å². The highest BCUT2D eigenvalue weighted by atomic mass is 16.5. The van der Waals surface area contributed by atoms with E-state index in [0.29, 0.717) is 18.1 Å². The van der Waals surface area contributed by atoms with Gasteiger partial charge < -0.3 is 19.6 Å². The maximum Gasteiger partial charge on any atom is 0.227 e. The smallest absolute Gasteiger partial charge is 0.227 e. The van der Waals surface area contributed by atoms with Crippen LogP contribution in [0.5, 0.6) is 0 Å². The first-order valence-corrected chi connectivity index (χ1v) is 5.49. The number of likely N-dealkylation sites (tertiary alicyclic amines) is 1. The number of aliphatic hydroxyl groups excluding tert-OH is 2. The van der Waals surface area contributed by atoms with Gasteiger partial charge in [-0.1, -0.05) is 5.16 Å². The molecule has 1 aliphatic rings. The highest BCUT2D eigenvalue weighted by molar-refractivity contribution is 5.76. The Balaban J connectivity index is 1.82. The Morgan fingerprint density at radius 1 is 1.47 bits per heavy atom. The van der Waals surface area contributed by atoms with Crippen LogP contribution in [0.3, 0.4) is 0 Å². The summed E-state index contributed by atoms with van der Waals surface area (Å²) in [6.45, 7) is 2.08. The number of aromatic nitrogens is 2. The highest BCUT2D eigenvalue weighted by Crippen LogP contribution is 2.12. The fraction of sp³-hybridized carbons (Fsp3) is 0.700. The van der Waals surface area contributed by atoms with Gasteiger partial charge in [-0.05, 0) is 6.92 Å². The number of β-amino-alcohol motifs (C(OH)–C–C–N with tert-alkyl or cyclic N) is 2. The maximum atomic E-state index is 11.7. The molecule has 2 N–H and O–H groups in total. The molecule has 1 amide bonds. The zero-order valence-electron chi connectivity index (χ0n) is 9.54. The molecule has 0 unspecified atom stereocenters. The van der Waals surface area contributed by atoms with Crippen LogP contribution in [0.4, 0.5) is 0 Å². The average Bonchev–Trinajstić information content (AvgIpc) is 2.83. The monoisotopic (exact) mass is 241 g/mol. The summed E-state index contributed by atoms with van der Waals surface area (Å²) in [5.41, 5.74) is 0. The number of rotatable bonds is 3. The first-order valence-electron chi connectivity index (χ1n) is 5.49. The standard InChI is InChI=1S/C10H15N3O4/c1-6-11-9(17-12-6)2-3-10(16)13-4-7(14)8(15)5-13/h7-8,14-15H,2-5H2,1H3/t7-,8+. The van der Waals surface area contributed by atoms with Crippen molar-refractivity contribution in [3.8, 4) is 0 Å². The summed E-state index contributed by atoms with van der Waals surface area (Å²) in [5, 5.41) is 22.3. The van der Waals surface area contributed by atoms with E-state index in [-0.39, 0.29) is 25.4 Å². The van der Waals surface area contributed by atoms with Crippen molar-refractivity contribution < 1.29 is 19.5 Å². The summed E-state index contributed by atoms with van der Waals surface area (Å²) in [6.07, 6.45) is -1.07. The van der Waals surface area contributed by atoms with E-state index >= 15 is 0 Å². The molecule has 0 spiro atoms. The van der Waals surface area contributed by atoms with Gasteiger partial charge in [-0.3, -0.25) is 4.79 Å². The first-order chi connectivity index (χ1) is 8.06. The lowest BCUT2D eigenvalue weighted by Crippen LogP contribution is -2.29. The van der Waals surface area contributed by atoms with E-state index < -0.39 is 12.2 Å². The van der Waals surface area contributed by atoms with Gasteiger partial charge in [-0.25, -0.2) is 0 Å². The molecule has 2 atom stereocenters. The molecule has 0 aromatic carbocycles. The minimum Gasteiger partial charge on any atom is -0.388 e. The largest absolute Gasteiger partial charge is 0.388 e. The van der Waals surface area contributed by atoms with Crippen LogP contribution < -0.4 is 0 Å². The van der Waals surface area contributed by atoms with Crippen molar-refractivity contribution in [2.45, 2.75) is 32.0 Å². The van der Waals surface area contributed by atoms with Crippen molar-refractivity contribution in [3.63, 3.8) is 0 Å². The van der Waals surface area contributed by atoms with Crippen molar-refractivity contribution in [1.29, 1.82) is 0 Å². The molecular formula is C10H15N3O4. The molecule has 1 aromatic rings. The second-order valence-corrected chi connectivity index (χ2v) is 4.17. The lowest BCUT2D eigenvalue weighted by Gasteiger charge is -2.14. The quantitative estimate of drug-likeness (QED) is 0.695. The van der Waals surface area contributed by atoms with Crippen LogP contribution in [-0.4, -0.2) is 56.5 Å². The van der Waals surface area contributed by atoms with Gasteiger partial charge in [-0.15, -0.1) is 0 Å². The van der Waals surface area contributed by atoms with E-state index in [0.717, 1.165) is 0 Å². The molecule has 7 nitrogen and oxygen atoms in total. The zero-order chi connectivity index (χ0) is 12.4. The van der Waals surface area contributed by atoms with Crippen molar-refractivity contribution in [1.82, 2.24) is 15.0 Å². The topological polar surface area (TPSA) is 99.7 Å². The molecule has 1 aromatic heterocycles. The van der Waals surface area contributed by atoms with Crippen LogP contribution >= 0.6 is 0 Å². The number of hydrogen-bond acceptors (Lipinski definition) is 6. The molecule has 2 heterocycles. The molecule has 17 heavy (non-hydrogen) atoms. The summed E-state index contributed by atoms with van der Waals surface area (Å²) in [5.74, 6) is 0.840. The maximum absolute atomic E-state index is 11.7. The Kier molecular flexibility index (Phi) is 3.39. The van der Waals surface area contributed by atoms with Crippen molar-refractivity contribution in [2.75, 3.05) is 13.1 Å². The minimum absolute atomic E-state index is 0.128. The predicted octanol–water partition coefficient (Wildman–Crippen LogP) is -1.13. The van der Waals surface area contributed by atoms with Gasteiger partial charge in [0.25, 0.3) is 0 Å². The molecule has 0 bridgehead atoms. The van der Waals surface area contributed by atoms with Gasteiger partial charge in [0.05, 0.1) is 12.2 Å². The third-order valence-electron chi connectivity index (χ3n) is 2.73. The molecule has 1 fully saturated rings. The number of nitrogens with zero attached hydrogens (tertiary/aromatic N) is 3. The Morgan fingerprint density at radius 3 is 2.65 bits per heavy atom. The van der Waals surface area contributed by atoms with Crippen molar-refractivity contribution in [2.24, 2.45) is 0 Å². The molecule has 7 heteroatoms. The molecule has 0 saturated carbocycles. The van der Waals surface area contributed by atoms with E-state index in [1.165, 1.54) is 4.90 Å². The Hall–Kier alpha value is -1.47. The summed E-state index contributed by atoms with van der Waals surface area (Å²) < 4.78 is 4.89. The van der Waals surface area contributed by atoms with Crippen LogP contribution in [0.15, 0.2) is 4.52 Å². The van der Waals surface area contributed by atoms with Gasteiger partial charge in [-0.2, -0.15) is 4.98 Å². The van der Waals surface area contributed by atoms with E-state index in [1.807, 2.05) is 0 Å². The van der Waals surface area contributed by atoms with Gasteiger partial charge >= 0.3 is 0 Å². The number of amides is 1. The molecule has 94 valence electrons. The summed E-state index contributed by atoms with van der Waals surface area (Å²) in [4.78, 5) is 17.2. The van der Waals surface area contributed by atoms with Crippen molar-refractivity contribution in [3.05, 3.63) is 11.7 Å². The second kappa shape index (κ2) is 4.80. The van der Waals surface area contributed by atoms with Crippen LogP contribution in [0.1, 0.15) is 18.1 Å². The fourth-order valence-corrected chi connectivity index (χ4v) is 1.79. The molecule has 0 aliphatic carbocycles. The molecule has 0 radical (unpaired) electrons. The lowest BCUT2D eigenvalue weighted by atomic mass is 10.3. The molecule has 1 aliphatic heterocycles. The van der Waals surface area contributed by atoms with Crippen LogP contribution in [0.25, 0.3) is 0 Å². The Morgan fingerprint density at radius 2 is 2.12 bits per heavy atom. The van der Waals surface area contributed by atoms with Gasteiger partial charge in [0.2, 0.25) is 11.8 Å².